The molecule has 1 N–H and O–H groups in total. The van der Waals surface area contributed by atoms with Crippen LogP contribution in [0.5, 0.6) is 0 Å². The lowest BCUT2D eigenvalue weighted by Crippen LogP contribution is -2.28. The number of hydrogen-bond acceptors (Lipinski definition) is 1. The summed E-state index contributed by atoms with van der Waals surface area (Å²) in [5.41, 5.74) is 0.132. The van der Waals surface area contributed by atoms with Crippen LogP contribution in [-0.4, -0.2) is 5.11 Å². The predicted octanol–water partition coefficient (Wildman–Crippen LogP) is 5.88. The summed E-state index contributed by atoms with van der Waals surface area (Å²) < 4.78 is 14.9. The summed E-state index contributed by atoms with van der Waals surface area (Å²) in [4.78, 5) is 0. The van der Waals surface area contributed by atoms with E-state index in [2.05, 4.69) is 29.8 Å². The fourth-order valence-electron chi connectivity index (χ4n) is 3.56. The van der Waals surface area contributed by atoms with Crippen LogP contribution in [0.4, 0.5) is 4.39 Å². The minimum Gasteiger partial charge on any atom is -0.388 e. The summed E-state index contributed by atoms with van der Waals surface area (Å²) in [6.07, 6.45) is 4.27. The van der Waals surface area contributed by atoms with Gasteiger partial charge < -0.3 is 5.11 Å². The molecule has 1 nitrogen and oxygen atoms in total. The lowest BCUT2D eigenvalue weighted by atomic mass is 9.72. The van der Waals surface area contributed by atoms with Crippen molar-refractivity contribution in [3.8, 4) is 0 Å². The molecule has 0 saturated heterocycles. The van der Waals surface area contributed by atoms with Gasteiger partial charge in [0.1, 0.15) is 5.82 Å². The minimum absolute atomic E-state index is 0.0549. The first-order valence-electron chi connectivity index (χ1n) is 7.19. The normalized spacial score (nSPS) is 19.6. The molecule has 0 radical (unpaired) electrons. The van der Waals surface area contributed by atoms with Crippen LogP contribution in [0.25, 0.3) is 0 Å². The largest absolute Gasteiger partial charge is 0.388 e. The highest BCUT2D eigenvalue weighted by atomic mass is 79.9. The van der Waals surface area contributed by atoms with Gasteiger partial charge in [-0.1, -0.05) is 44.4 Å². The van der Waals surface area contributed by atoms with Gasteiger partial charge in [-0.25, -0.2) is 4.39 Å². The maximum Gasteiger partial charge on any atom is 0.148 e. The van der Waals surface area contributed by atoms with E-state index in [4.69, 9.17) is 11.6 Å². The molecule has 1 aromatic carbocycles. The molecule has 0 heterocycles. The van der Waals surface area contributed by atoms with Crippen LogP contribution in [0.3, 0.4) is 0 Å². The molecule has 1 fully saturated rings. The molecule has 1 aliphatic rings. The van der Waals surface area contributed by atoms with Crippen molar-refractivity contribution in [3.63, 3.8) is 0 Å². The van der Waals surface area contributed by atoms with Gasteiger partial charge in [-0.2, -0.15) is 0 Å². The van der Waals surface area contributed by atoms with Gasteiger partial charge in [-0.05, 0) is 47.2 Å². The Morgan fingerprint density at radius 3 is 2.50 bits per heavy atom. The first-order chi connectivity index (χ1) is 9.37. The molecule has 1 atom stereocenters. The van der Waals surface area contributed by atoms with Gasteiger partial charge in [0.05, 0.1) is 11.1 Å². The Morgan fingerprint density at radius 2 is 1.95 bits per heavy atom. The second-order valence-electron chi connectivity index (χ2n) is 6.33. The molecule has 1 aromatic rings. The summed E-state index contributed by atoms with van der Waals surface area (Å²) >= 11 is 9.16. The topological polar surface area (TPSA) is 20.2 Å². The van der Waals surface area contributed by atoms with Crippen LogP contribution in [0, 0.1) is 17.2 Å². The maximum atomic E-state index is 14.4. The molecule has 4 heteroatoms. The second-order valence-corrected chi connectivity index (χ2v) is 7.57. The molecule has 1 unspecified atom stereocenters. The summed E-state index contributed by atoms with van der Waals surface area (Å²) in [5, 5.41) is 10.9. The van der Waals surface area contributed by atoms with Crippen molar-refractivity contribution < 1.29 is 9.50 Å². The number of aliphatic hydroxyl groups excluding tert-OH is 1. The van der Waals surface area contributed by atoms with Crippen LogP contribution in [-0.2, 0) is 0 Å². The number of aliphatic hydroxyl groups is 1. The van der Waals surface area contributed by atoms with Crippen molar-refractivity contribution in [1.29, 1.82) is 0 Å². The molecular formula is C16H21BrClFO. The van der Waals surface area contributed by atoms with Gasteiger partial charge in [0, 0.05) is 15.5 Å². The van der Waals surface area contributed by atoms with E-state index in [1.807, 2.05) is 0 Å². The highest BCUT2D eigenvalue weighted by molar-refractivity contribution is 9.10. The third kappa shape index (κ3) is 3.05. The Balaban J connectivity index is 2.38. The average Bonchev–Trinajstić information content (AvgIpc) is 2.84. The highest BCUT2D eigenvalue weighted by Crippen LogP contribution is 2.52. The van der Waals surface area contributed by atoms with Crippen molar-refractivity contribution in [2.45, 2.75) is 52.1 Å². The fraction of sp³-hybridized carbons (Fsp3) is 0.625. The Kier molecular flexibility index (Phi) is 5.14. The number of hydrogen-bond donors (Lipinski definition) is 1. The number of benzene rings is 1. The molecule has 20 heavy (non-hydrogen) atoms. The molecule has 0 aliphatic heterocycles. The van der Waals surface area contributed by atoms with Crippen LogP contribution < -0.4 is 0 Å². The standard InChI is InChI=1S/C16H21BrClFO/c1-10(2)9-16(7-3-4-8-16)15(20)11-5-6-12(17)13(18)14(11)19/h5-6,10,15,20H,3-4,7-9H2,1-2H3. The van der Waals surface area contributed by atoms with Gasteiger partial charge in [0.2, 0.25) is 0 Å². The molecule has 112 valence electrons. The quantitative estimate of drug-likeness (QED) is 0.662. The SMILES string of the molecule is CC(C)CC1(C(O)c2ccc(Br)c(Cl)c2F)CCCC1. The van der Waals surface area contributed by atoms with E-state index in [9.17, 15) is 9.50 Å². The molecule has 0 aromatic heterocycles. The van der Waals surface area contributed by atoms with E-state index >= 15 is 0 Å². The maximum absolute atomic E-state index is 14.4. The average molecular weight is 364 g/mol. The van der Waals surface area contributed by atoms with Gasteiger partial charge in [0.15, 0.2) is 0 Å². The zero-order valence-corrected chi connectivity index (χ0v) is 14.3. The predicted molar refractivity (Wildman–Crippen MR) is 84.4 cm³/mol. The van der Waals surface area contributed by atoms with E-state index in [-0.39, 0.29) is 10.4 Å². The molecule has 1 saturated carbocycles. The van der Waals surface area contributed by atoms with E-state index in [0.717, 1.165) is 32.1 Å². The fourth-order valence-corrected chi connectivity index (χ4v) is 4.04. The van der Waals surface area contributed by atoms with Crippen LogP contribution in [0.1, 0.15) is 57.6 Å². The molecule has 0 amide bonds. The van der Waals surface area contributed by atoms with Crippen molar-refractivity contribution in [2.24, 2.45) is 11.3 Å². The van der Waals surface area contributed by atoms with E-state index < -0.39 is 11.9 Å². The van der Waals surface area contributed by atoms with Gasteiger partial charge in [-0.3, -0.25) is 0 Å². The highest BCUT2D eigenvalue weighted by Gasteiger charge is 2.42. The van der Waals surface area contributed by atoms with E-state index in [0.29, 0.717) is 16.0 Å². The third-order valence-electron chi connectivity index (χ3n) is 4.35. The smallest absolute Gasteiger partial charge is 0.148 e. The van der Waals surface area contributed by atoms with Gasteiger partial charge in [0.25, 0.3) is 0 Å². The van der Waals surface area contributed by atoms with Crippen molar-refractivity contribution in [1.82, 2.24) is 0 Å². The van der Waals surface area contributed by atoms with Crippen LogP contribution in [0.15, 0.2) is 16.6 Å². The lowest BCUT2D eigenvalue weighted by molar-refractivity contribution is 0.00877. The van der Waals surface area contributed by atoms with Crippen molar-refractivity contribution in [2.75, 3.05) is 0 Å². The van der Waals surface area contributed by atoms with E-state index in [1.54, 1.807) is 12.1 Å². The summed E-state index contributed by atoms with van der Waals surface area (Å²) in [6.45, 7) is 4.30. The summed E-state index contributed by atoms with van der Waals surface area (Å²) in [7, 11) is 0. The molecule has 2 rings (SSSR count). The van der Waals surface area contributed by atoms with Crippen LogP contribution >= 0.6 is 27.5 Å². The Hall–Kier alpha value is -0.120. The molecule has 1 aliphatic carbocycles. The third-order valence-corrected chi connectivity index (χ3v) is 5.61. The Bertz CT molecular complexity index is 484. The van der Waals surface area contributed by atoms with Gasteiger partial charge in [-0.15, -0.1) is 0 Å². The number of halogens is 3. The van der Waals surface area contributed by atoms with Crippen LogP contribution in [0.2, 0.25) is 5.02 Å². The minimum atomic E-state index is -0.780. The monoisotopic (exact) mass is 362 g/mol. The Morgan fingerprint density at radius 1 is 1.35 bits per heavy atom. The van der Waals surface area contributed by atoms with E-state index in [1.165, 1.54) is 0 Å². The Labute approximate surface area is 133 Å². The summed E-state index contributed by atoms with van der Waals surface area (Å²) in [5.74, 6) is -0.0136. The molecule has 0 bridgehead atoms. The lowest BCUT2D eigenvalue weighted by Gasteiger charge is -2.36. The van der Waals surface area contributed by atoms with Gasteiger partial charge >= 0.3 is 0 Å². The second kappa shape index (κ2) is 6.33. The number of rotatable bonds is 4. The summed E-state index contributed by atoms with van der Waals surface area (Å²) in [6, 6.07) is 3.36. The van der Waals surface area contributed by atoms with Crippen molar-refractivity contribution >= 4 is 27.5 Å². The molecular weight excluding hydrogens is 343 g/mol. The van der Waals surface area contributed by atoms with Crippen molar-refractivity contribution in [3.05, 3.63) is 33.0 Å². The first-order valence-corrected chi connectivity index (χ1v) is 8.36. The first kappa shape index (κ1) is 16.3. The zero-order valence-electron chi connectivity index (χ0n) is 11.9. The molecule has 0 spiro atoms. The zero-order chi connectivity index (χ0) is 14.9.